The molecule has 5 nitrogen and oxygen atoms in total. The fourth-order valence-electron chi connectivity index (χ4n) is 0.919. The lowest BCUT2D eigenvalue weighted by atomic mass is 10.4. The van der Waals surface area contributed by atoms with Gasteiger partial charge in [-0.25, -0.2) is 9.79 Å². The Balaban J connectivity index is 3.88. The normalized spacial score (nSPS) is 11.7. The third kappa shape index (κ3) is 9.49. The lowest BCUT2D eigenvalue weighted by molar-refractivity contribution is 0.220. The van der Waals surface area contributed by atoms with Gasteiger partial charge in [0.05, 0.1) is 0 Å². The van der Waals surface area contributed by atoms with Crippen molar-refractivity contribution >= 4 is 23.1 Å². The Morgan fingerprint density at radius 1 is 1.53 bits per heavy atom. The second kappa shape index (κ2) is 8.49. The number of nitrogens with zero attached hydrogens (tertiary/aromatic N) is 2. The van der Waals surface area contributed by atoms with Crippen molar-refractivity contribution in [2.24, 2.45) is 4.99 Å². The number of aliphatic imine (C=N–C) groups is 1. The largest absolute Gasteiger partial charge is 0.411 e. The van der Waals surface area contributed by atoms with E-state index in [2.05, 4.69) is 19.9 Å². The van der Waals surface area contributed by atoms with Gasteiger partial charge in [-0.2, -0.15) is 0 Å². The van der Waals surface area contributed by atoms with Crippen molar-refractivity contribution in [1.82, 2.24) is 10.2 Å². The quantitative estimate of drug-likeness (QED) is 0.338. The molecule has 88 valence electrons. The van der Waals surface area contributed by atoms with E-state index in [4.69, 9.17) is 11.6 Å². The summed E-state index contributed by atoms with van der Waals surface area (Å²) in [5.41, 5.74) is -0.873. The average molecular weight is 236 g/mol. The van der Waals surface area contributed by atoms with Gasteiger partial charge < -0.3 is 15.0 Å². The molecule has 0 bridgehead atoms. The summed E-state index contributed by atoms with van der Waals surface area (Å²) in [6, 6.07) is 0.191. The molecule has 0 saturated heterocycles. The van der Waals surface area contributed by atoms with E-state index in [9.17, 15) is 4.79 Å². The molecule has 0 saturated carbocycles. The van der Waals surface area contributed by atoms with Crippen LogP contribution in [0.4, 0.5) is 4.79 Å². The molecule has 0 radical (unpaired) electrons. The van der Waals surface area contributed by atoms with Gasteiger partial charge in [0.15, 0.2) is 0 Å². The smallest absolute Gasteiger partial charge is 0.380 e. The number of nitrogens with one attached hydrogen (secondary N) is 1. The van der Waals surface area contributed by atoms with Crippen molar-refractivity contribution in [1.29, 1.82) is 0 Å². The summed E-state index contributed by atoms with van der Waals surface area (Å²) >= 11 is 5.08. The van der Waals surface area contributed by atoms with Gasteiger partial charge >= 0.3 is 5.43 Å². The second-order valence-electron chi connectivity index (χ2n) is 3.21. The summed E-state index contributed by atoms with van der Waals surface area (Å²) in [5.74, 6) is 0. The fraction of sp³-hybridized carbons (Fsp3) is 0.778. The van der Waals surface area contributed by atoms with E-state index in [1.807, 2.05) is 21.0 Å². The summed E-state index contributed by atoms with van der Waals surface area (Å²) in [6.45, 7) is 4.07. The molecule has 15 heavy (non-hydrogen) atoms. The Labute approximate surface area is 95.4 Å². The highest BCUT2D eigenvalue weighted by atomic mass is 35.5. The van der Waals surface area contributed by atoms with Gasteiger partial charge in [-0.05, 0) is 34.0 Å². The first kappa shape index (κ1) is 14.2. The third-order valence-corrected chi connectivity index (χ3v) is 1.60. The summed E-state index contributed by atoms with van der Waals surface area (Å²) < 4.78 is 4.65. The third-order valence-electron chi connectivity index (χ3n) is 1.52. The molecule has 0 heterocycles. The summed E-state index contributed by atoms with van der Waals surface area (Å²) in [4.78, 5) is 16.6. The predicted octanol–water partition coefficient (Wildman–Crippen LogP) is 1.28. The van der Waals surface area contributed by atoms with Crippen LogP contribution in [0.15, 0.2) is 4.99 Å². The van der Waals surface area contributed by atoms with Crippen LogP contribution in [0.1, 0.15) is 13.3 Å². The van der Waals surface area contributed by atoms with E-state index < -0.39 is 5.43 Å². The SMILES string of the molecule is CCNC(=NCCCN(C)C)OC(=O)Cl. The predicted molar refractivity (Wildman–Crippen MR) is 61.5 cm³/mol. The number of ether oxygens (including phenoxy) is 1. The van der Waals surface area contributed by atoms with E-state index in [1.165, 1.54) is 0 Å². The van der Waals surface area contributed by atoms with Crippen molar-refractivity contribution in [3.05, 3.63) is 0 Å². The van der Waals surface area contributed by atoms with Crippen LogP contribution in [0, 0.1) is 0 Å². The number of rotatable bonds is 5. The van der Waals surface area contributed by atoms with Crippen molar-refractivity contribution in [2.75, 3.05) is 33.7 Å². The van der Waals surface area contributed by atoms with E-state index >= 15 is 0 Å². The molecule has 0 aromatic heterocycles. The molecule has 1 N–H and O–H groups in total. The van der Waals surface area contributed by atoms with Crippen LogP contribution in [-0.4, -0.2) is 50.1 Å². The van der Waals surface area contributed by atoms with Crippen LogP contribution in [0.5, 0.6) is 0 Å². The highest BCUT2D eigenvalue weighted by Gasteiger charge is 2.03. The Morgan fingerprint density at radius 3 is 2.67 bits per heavy atom. The van der Waals surface area contributed by atoms with Crippen LogP contribution in [0.2, 0.25) is 0 Å². The first-order valence-corrected chi connectivity index (χ1v) is 5.24. The molecule has 0 aliphatic carbocycles. The van der Waals surface area contributed by atoms with Crippen molar-refractivity contribution in [3.8, 4) is 0 Å². The lowest BCUT2D eigenvalue weighted by Crippen LogP contribution is -2.27. The number of amidine groups is 1. The van der Waals surface area contributed by atoms with Gasteiger partial charge in [-0.15, -0.1) is 0 Å². The van der Waals surface area contributed by atoms with Crippen LogP contribution < -0.4 is 5.32 Å². The Bertz CT molecular complexity index is 219. The van der Waals surface area contributed by atoms with Crippen LogP contribution in [-0.2, 0) is 4.74 Å². The first-order chi connectivity index (χ1) is 7.06. The lowest BCUT2D eigenvalue weighted by Gasteiger charge is -2.08. The maximum absolute atomic E-state index is 10.5. The highest BCUT2D eigenvalue weighted by molar-refractivity contribution is 6.61. The van der Waals surface area contributed by atoms with Crippen LogP contribution >= 0.6 is 11.6 Å². The average Bonchev–Trinajstić information content (AvgIpc) is 2.11. The van der Waals surface area contributed by atoms with Gasteiger partial charge in [0.1, 0.15) is 0 Å². The molecule has 6 heteroatoms. The van der Waals surface area contributed by atoms with Gasteiger partial charge in [0.2, 0.25) is 0 Å². The van der Waals surface area contributed by atoms with Gasteiger partial charge in [0.25, 0.3) is 6.02 Å². The van der Waals surface area contributed by atoms with Crippen LogP contribution in [0.3, 0.4) is 0 Å². The molecule has 0 aliphatic heterocycles. The number of carbonyl (C=O) groups is 1. The molecule has 0 spiro atoms. The zero-order chi connectivity index (χ0) is 11.7. The standard InChI is InChI=1S/C9H18ClN3O2/c1-4-11-9(15-8(10)14)12-6-5-7-13(2)3/h4-7H2,1-3H3,(H,11,12). The Hall–Kier alpha value is -0.810. The molecule has 0 amide bonds. The summed E-state index contributed by atoms with van der Waals surface area (Å²) in [7, 11) is 3.99. The second-order valence-corrected chi connectivity index (χ2v) is 3.52. The summed E-state index contributed by atoms with van der Waals surface area (Å²) in [5, 5.41) is 2.81. The van der Waals surface area contributed by atoms with Crippen molar-refractivity contribution < 1.29 is 9.53 Å². The first-order valence-electron chi connectivity index (χ1n) is 4.86. The molecule has 0 unspecified atom stereocenters. The number of hydrogen-bond donors (Lipinski definition) is 1. The maximum atomic E-state index is 10.5. The summed E-state index contributed by atoms with van der Waals surface area (Å²) in [6.07, 6.45) is 0.904. The Kier molecular flexibility index (Phi) is 8.04. The monoisotopic (exact) mass is 235 g/mol. The number of hydrogen-bond acceptors (Lipinski definition) is 4. The molecule has 0 fully saturated rings. The molecule has 0 aromatic rings. The van der Waals surface area contributed by atoms with E-state index in [0.717, 1.165) is 13.0 Å². The van der Waals surface area contributed by atoms with Gasteiger partial charge in [0, 0.05) is 24.7 Å². The zero-order valence-electron chi connectivity index (χ0n) is 9.42. The molecular weight excluding hydrogens is 218 g/mol. The molecule has 0 aliphatic rings. The van der Waals surface area contributed by atoms with Gasteiger partial charge in [-0.1, -0.05) is 0 Å². The van der Waals surface area contributed by atoms with Crippen LogP contribution in [0.25, 0.3) is 0 Å². The van der Waals surface area contributed by atoms with Crippen molar-refractivity contribution in [3.63, 3.8) is 0 Å². The van der Waals surface area contributed by atoms with Crippen molar-refractivity contribution in [2.45, 2.75) is 13.3 Å². The number of halogens is 1. The molecule has 0 rings (SSSR count). The Morgan fingerprint density at radius 2 is 2.20 bits per heavy atom. The molecule has 0 aromatic carbocycles. The maximum Gasteiger partial charge on any atom is 0.411 e. The zero-order valence-corrected chi connectivity index (χ0v) is 10.2. The highest BCUT2D eigenvalue weighted by Crippen LogP contribution is 1.91. The minimum Gasteiger partial charge on any atom is -0.380 e. The van der Waals surface area contributed by atoms with E-state index in [-0.39, 0.29) is 6.02 Å². The topological polar surface area (TPSA) is 53.9 Å². The molecule has 0 atom stereocenters. The minimum absolute atomic E-state index is 0.191. The van der Waals surface area contributed by atoms with E-state index in [1.54, 1.807) is 0 Å². The van der Waals surface area contributed by atoms with E-state index in [0.29, 0.717) is 13.1 Å². The minimum atomic E-state index is -0.873. The van der Waals surface area contributed by atoms with Gasteiger partial charge in [-0.3, -0.25) is 0 Å². The number of carbonyl (C=O) groups excluding carboxylic acids is 1. The fourth-order valence-corrected chi connectivity index (χ4v) is 0.992. The molecular formula is C9H18ClN3O2.